The molecule has 0 bridgehead atoms. The number of rotatable bonds is 5. The number of urea groups is 1. The van der Waals surface area contributed by atoms with E-state index >= 15 is 0 Å². The number of nitrogens with one attached hydrogen (secondary N) is 1. The van der Waals surface area contributed by atoms with Crippen LogP contribution in [0.15, 0.2) is 36.4 Å². The fourth-order valence-electron chi connectivity index (χ4n) is 3.64. The summed E-state index contributed by atoms with van der Waals surface area (Å²) in [5, 5.41) is 11.6. The number of nitriles is 1. The zero-order valence-electron chi connectivity index (χ0n) is 18.3. The van der Waals surface area contributed by atoms with Gasteiger partial charge in [-0.1, -0.05) is 0 Å². The summed E-state index contributed by atoms with van der Waals surface area (Å²) in [6, 6.07) is 7.85. The molecule has 3 N–H and O–H groups in total. The van der Waals surface area contributed by atoms with Crippen molar-refractivity contribution < 1.29 is 32.2 Å². The minimum atomic E-state index is -4.72. The van der Waals surface area contributed by atoms with Crippen molar-refractivity contribution in [2.45, 2.75) is 12.2 Å². The summed E-state index contributed by atoms with van der Waals surface area (Å²) in [4.78, 5) is 27.8. The number of nitrogens with two attached hydrogens (primary N) is 1. The van der Waals surface area contributed by atoms with Gasteiger partial charge in [-0.2, -0.15) is 18.4 Å². The lowest BCUT2D eigenvalue weighted by Gasteiger charge is -2.41. The highest BCUT2D eigenvalue weighted by Crippen LogP contribution is 2.35. The Morgan fingerprint density at radius 1 is 1.12 bits per heavy atom. The van der Waals surface area contributed by atoms with Gasteiger partial charge in [0.25, 0.3) is 0 Å². The lowest BCUT2D eigenvalue weighted by molar-refractivity contribution is -0.137. The van der Waals surface area contributed by atoms with Gasteiger partial charge in [0.1, 0.15) is 17.5 Å². The number of benzene rings is 2. The maximum atomic E-state index is 13.3. The molecule has 0 radical (unpaired) electrons. The normalized spacial score (nSPS) is 15.9. The quantitative estimate of drug-likeness (QED) is 0.683. The van der Waals surface area contributed by atoms with Crippen LogP contribution >= 0.6 is 0 Å². The van der Waals surface area contributed by atoms with Gasteiger partial charge in [0, 0.05) is 49.2 Å². The first-order valence-corrected chi connectivity index (χ1v) is 10.0. The van der Waals surface area contributed by atoms with Crippen LogP contribution in [0.1, 0.15) is 11.1 Å². The van der Waals surface area contributed by atoms with E-state index < -0.39 is 35.3 Å². The Morgan fingerprint density at radius 2 is 1.76 bits per heavy atom. The molecule has 9 nitrogen and oxygen atoms in total. The number of hydrogen-bond donors (Lipinski definition) is 2. The minimum Gasteiger partial charge on any atom is -0.497 e. The molecule has 0 aromatic heterocycles. The molecule has 1 aliphatic rings. The van der Waals surface area contributed by atoms with Crippen molar-refractivity contribution >= 4 is 23.3 Å². The number of carbonyl (C=O) groups excluding carboxylic acids is 2. The predicted octanol–water partition coefficient (Wildman–Crippen LogP) is 2.80. The highest BCUT2D eigenvalue weighted by molar-refractivity contribution is 5.94. The Hall–Kier alpha value is -4.14. The van der Waals surface area contributed by atoms with Gasteiger partial charge in [-0.15, -0.1) is 0 Å². The van der Waals surface area contributed by atoms with Crippen LogP contribution < -0.4 is 25.4 Å². The van der Waals surface area contributed by atoms with Crippen molar-refractivity contribution in [3.63, 3.8) is 0 Å². The largest absolute Gasteiger partial charge is 0.497 e. The van der Waals surface area contributed by atoms with E-state index in [1.807, 2.05) is 0 Å². The first-order valence-electron chi connectivity index (χ1n) is 10.0. The van der Waals surface area contributed by atoms with Crippen LogP contribution in [0.4, 0.5) is 29.3 Å². The summed E-state index contributed by atoms with van der Waals surface area (Å²) in [6.45, 7) is 0.0388. The lowest BCUT2D eigenvalue weighted by atomic mass is 10.0. The highest BCUT2D eigenvalue weighted by atomic mass is 19.4. The summed E-state index contributed by atoms with van der Waals surface area (Å²) in [5.74, 6) is 0.0622. The number of amides is 3. The monoisotopic (exact) mass is 477 g/mol. The van der Waals surface area contributed by atoms with Crippen molar-refractivity contribution in [2.24, 2.45) is 5.73 Å². The third-order valence-corrected chi connectivity index (χ3v) is 5.37. The molecule has 3 rings (SSSR count). The molecule has 3 amide bonds. The molecular weight excluding hydrogens is 455 g/mol. The molecule has 1 aliphatic heterocycles. The van der Waals surface area contributed by atoms with E-state index in [9.17, 15) is 22.8 Å². The Bertz CT molecular complexity index is 1110. The number of primary amides is 1. The second-order valence-corrected chi connectivity index (χ2v) is 7.43. The lowest BCUT2D eigenvalue weighted by Crippen LogP contribution is -2.60. The summed E-state index contributed by atoms with van der Waals surface area (Å²) in [5.41, 5.74) is 4.45. The zero-order chi connectivity index (χ0) is 25.0. The number of methoxy groups -OCH3 is 2. The van der Waals surface area contributed by atoms with Crippen molar-refractivity contribution in [1.82, 2.24) is 4.90 Å². The van der Waals surface area contributed by atoms with Crippen molar-refractivity contribution in [1.29, 1.82) is 5.26 Å². The first kappa shape index (κ1) is 24.5. The summed E-state index contributed by atoms with van der Waals surface area (Å²) >= 11 is 0. The van der Waals surface area contributed by atoms with E-state index in [1.54, 1.807) is 18.2 Å². The van der Waals surface area contributed by atoms with Gasteiger partial charge in [0.15, 0.2) is 0 Å². The average molecular weight is 477 g/mol. The van der Waals surface area contributed by atoms with Gasteiger partial charge in [-0.05, 0) is 18.2 Å². The number of carbonyl (C=O) groups is 2. The van der Waals surface area contributed by atoms with Crippen LogP contribution in [0.5, 0.6) is 11.5 Å². The van der Waals surface area contributed by atoms with Crippen molar-refractivity contribution in [2.75, 3.05) is 44.1 Å². The van der Waals surface area contributed by atoms with Gasteiger partial charge in [0.2, 0.25) is 5.91 Å². The summed E-state index contributed by atoms with van der Waals surface area (Å²) < 4.78 is 50.4. The van der Waals surface area contributed by atoms with E-state index in [2.05, 4.69) is 5.32 Å². The molecule has 2 aromatic rings. The average Bonchev–Trinajstić information content (AvgIpc) is 2.82. The number of piperazine rings is 1. The van der Waals surface area contributed by atoms with Gasteiger partial charge < -0.3 is 30.3 Å². The molecule has 2 aromatic carbocycles. The van der Waals surface area contributed by atoms with Crippen molar-refractivity contribution in [3.8, 4) is 17.6 Å². The second kappa shape index (κ2) is 9.78. The van der Waals surface area contributed by atoms with Gasteiger partial charge >= 0.3 is 12.2 Å². The van der Waals surface area contributed by atoms with E-state index in [-0.39, 0.29) is 25.3 Å². The SMILES string of the molecule is COc1cc(NC(=O)N2CCN(c3ccc(C#N)c(C(F)(F)F)c3)CC2C(N)=O)cc(OC)c1. The van der Waals surface area contributed by atoms with Gasteiger partial charge in [0.05, 0.1) is 31.4 Å². The number of hydrogen-bond acceptors (Lipinski definition) is 6. The zero-order valence-corrected chi connectivity index (χ0v) is 18.3. The Morgan fingerprint density at radius 3 is 2.29 bits per heavy atom. The van der Waals surface area contributed by atoms with Crippen LogP contribution in [-0.4, -0.2) is 56.7 Å². The van der Waals surface area contributed by atoms with Crippen LogP contribution in [0.25, 0.3) is 0 Å². The molecule has 1 heterocycles. The molecule has 0 aliphatic carbocycles. The number of alkyl halides is 3. The molecule has 1 fully saturated rings. The Labute approximate surface area is 193 Å². The first-order chi connectivity index (χ1) is 16.1. The Balaban J connectivity index is 1.82. The summed E-state index contributed by atoms with van der Waals surface area (Å²) in [7, 11) is 2.91. The topological polar surface area (TPSA) is 121 Å². The van der Waals surface area contributed by atoms with E-state index in [4.69, 9.17) is 20.5 Å². The molecule has 180 valence electrons. The van der Waals surface area contributed by atoms with Crippen LogP contribution in [0, 0.1) is 11.3 Å². The smallest absolute Gasteiger partial charge is 0.417 e. The minimum absolute atomic E-state index is 0.0158. The molecular formula is C22H22F3N5O4. The molecule has 34 heavy (non-hydrogen) atoms. The third kappa shape index (κ3) is 5.25. The molecule has 1 unspecified atom stereocenters. The maximum absolute atomic E-state index is 13.3. The fourth-order valence-corrected chi connectivity index (χ4v) is 3.64. The van der Waals surface area contributed by atoms with Crippen LogP contribution in [0.2, 0.25) is 0 Å². The molecule has 0 spiro atoms. The predicted molar refractivity (Wildman–Crippen MR) is 117 cm³/mol. The van der Waals surface area contributed by atoms with E-state index in [1.165, 1.54) is 36.2 Å². The molecule has 1 atom stereocenters. The fraction of sp³-hybridized carbons (Fsp3) is 0.318. The standard InChI is InChI=1S/C22H22F3N5O4/c1-33-16-7-14(8-17(10-16)34-2)28-21(32)30-6-5-29(12-19(30)20(27)31)15-4-3-13(11-26)18(9-15)22(23,24)25/h3-4,7-10,19H,5-6,12H2,1-2H3,(H2,27,31)(H,28,32). The highest BCUT2D eigenvalue weighted by Gasteiger charge is 2.37. The molecule has 12 heteroatoms. The van der Waals surface area contributed by atoms with Gasteiger partial charge in [-0.25, -0.2) is 4.79 Å². The van der Waals surface area contributed by atoms with Gasteiger partial charge in [-0.3, -0.25) is 4.79 Å². The van der Waals surface area contributed by atoms with E-state index in [0.717, 1.165) is 12.1 Å². The summed E-state index contributed by atoms with van der Waals surface area (Å²) in [6.07, 6.45) is -4.72. The third-order valence-electron chi connectivity index (χ3n) is 5.37. The maximum Gasteiger partial charge on any atom is 0.417 e. The number of ether oxygens (including phenoxy) is 2. The number of halogens is 3. The molecule has 0 saturated carbocycles. The number of nitrogens with zero attached hydrogens (tertiary/aromatic N) is 3. The molecule has 1 saturated heterocycles. The Kier molecular flexibility index (Phi) is 7.05. The van der Waals surface area contributed by atoms with Crippen LogP contribution in [0.3, 0.4) is 0 Å². The number of anilines is 2. The van der Waals surface area contributed by atoms with E-state index in [0.29, 0.717) is 17.2 Å². The van der Waals surface area contributed by atoms with Crippen LogP contribution in [-0.2, 0) is 11.0 Å². The second-order valence-electron chi connectivity index (χ2n) is 7.43. The van der Waals surface area contributed by atoms with Crippen molar-refractivity contribution in [3.05, 3.63) is 47.5 Å².